The highest BCUT2D eigenvalue weighted by Gasteiger charge is 2.84. The summed E-state index contributed by atoms with van der Waals surface area (Å²) in [5.41, 5.74) is -3.97. The minimum Gasteiger partial charge on any atom is -0.691 e. The zero-order chi connectivity index (χ0) is 19.1. The molecule has 0 aromatic rings. The molecule has 1 saturated heterocycles. The molecular formula is C13H17F2O8S2-. The van der Waals surface area contributed by atoms with Crippen LogP contribution in [0.3, 0.4) is 0 Å². The van der Waals surface area contributed by atoms with Crippen LogP contribution in [-0.4, -0.2) is 36.1 Å². The second-order valence-electron chi connectivity index (χ2n) is 7.32. The van der Waals surface area contributed by atoms with Gasteiger partial charge in [-0.15, -0.1) is 0 Å². The monoisotopic (exact) mass is 403 g/mol. The summed E-state index contributed by atoms with van der Waals surface area (Å²) in [4.78, 5) is 12.0. The number of fused-ring (bicyclic) bond motifs is 1. The zero-order valence-corrected chi connectivity index (χ0v) is 15.4. The average molecular weight is 403 g/mol. The van der Waals surface area contributed by atoms with Gasteiger partial charge < -0.3 is 9.99 Å². The highest BCUT2D eigenvalue weighted by Crippen LogP contribution is 2.74. The van der Waals surface area contributed by atoms with Gasteiger partial charge in [-0.05, 0) is 26.2 Å². The molecule has 0 N–H and O–H groups in total. The third-order valence-corrected chi connectivity index (χ3v) is 8.88. The molecule has 3 fully saturated rings. The van der Waals surface area contributed by atoms with Crippen molar-refractivity contribution in [2.75, 3.05) is 0 Å². The first kappa shape index (κ1) is 19.2. The largest absolute Gasteiger partial charge is 0.691 e. The molecule has 25 heavy (non-hydrogen) atoms. The number of carbonyl (C=O) groups is 1. The summed E-state index contributed by atoms with van der Waals surface area (Å²) in [5, 5.41) is 7.57. The van der Waals surface area contributed by atoms with Crippen LogP contribution < -0.4 is 5.26 Å². The third-order valence-electron chi connectivity index (χ3n) is 6.60. The number of hydrogen-bond donors (Lipinski definition) is 0. The van der Waals surface area contributed by atoms with Crippen LogP contribution in [0.2, 0.25) is 0 Å². The van der Waals surface area contributed by atoms with Gasteiger partial charge in [-0.2, -0.15) is 21.5 Å². The molecule has 1 heterocycles. The Morgan fingerprint density at radius 2 is 1.96 bits per heavy atom. The summed E-state index contributed by atoms with van der Waals surface area (Å²) in [5.74, 6) is -2.69. The summed E-state index contributed by atoms with van der Waals surface area (Å²) in [6.45, 7) is 6.37. The Balaban J connectivity index is 1.98. The Morgan fingerprint density at radius 3 is 2.52 bits per heavy atom. The molecule has 2 bridgehead atoms. The van der Waals surface area contributed by atoms with Crippen LogP contribution in [0.25, 0.3) is 0 Å². The Bertz CT molecular complexity index is 715. The lowest BCUT2D eigenvalue weighted by Crippen LogP contribution is -2.61. The Kier molecular flexibility index (Phi) is 4.05. The van der Waals surface area contributed by atoms with Gasteiger partial charge >= 0.3 is 11.2 Å². The first-order valence-electron chi connectivity index (χ1n) is 7.47. The van der Waals surface area contributed by atoms with Crippen molar-refractivity contribution >= 4 is 28.1 Å². The van der Waals surface area contributed by atoms with Crippen molar-refractivity contribution in [2.24, 2.45) is 17.3 Å². The fourth-order valence-corrected chi connectivity index (χ4v) is 7.57. The lowest BCUT2D eigenvalue weighted by molar-refractivity contribution is -0.777. The van der Waals surface area contributed by atoms with Gasteiger partial charge in [0.1, 0.15) is 23.2 Å². The van der Waals surface area contributed by atoms with E-state index in [1.54, 1.807) is 13.8 Å². The van der Waals surface area contributed by atoms with E-state index in [0.29, 0.717) is 0 Å². The van der Waals surface area contributed by atoms with Crippen molar-refractivity contribution in [3.8, 4) is 0 Å². The van der Waals surface area contributed by atoms with Gasteiger partial charge in [0.2, 0.25) is 0 Å². The minimum absolute atomic E-state index is 0.138. The van der Waals surface area contributed by atoms with Crippen LogP contribution in [0.5, 0.6) is 0 Å². The zero-order valence-electron chi connectivity index (χ0n) is 13.8. The third kappa shape index (κ3) is 2.18. The quantitative estimate of drug-likeness (QED) is 0.217. The van der Waals surface area contributed by atoms with E-state index in [1.807, 2.05) is 0 Å². The molecule has 0 aromatic heterocycles. The first-order chi connectivity index (χ1) is 11.3. The summed E-state index contributed by atoms with van der Waals surface area (Å²) in [6, 6.07) is 0. The van der Waals surface area contributed by atoms with E-state index in [9.17, 15) is 27.3 Å². The summed E-state index contributed by atoms with van der Waals surface area (Å²) < 4.78 is 66.2. The Morgan fingerprint density at radius 1 is 1.36 bits per heavy atom. The van der Waals surface area contributed by atoms with Crippen LogP contribution in [0, 0.1) is 17.3 Å². The number of hydrogen-bond acceptors (Lipinski definition) is 9. The average Bonchev–Trinajstić information content (AvgIpc) is 2.91. The van der Waals surface area contributed by atoms with E-state index < -0.39 is 61.2 Å². The van der Waals surface area contributed by atoms with Crippen LogP contribution >= 0.6 is 12.0 Å². The van der Waals surface area contributed by atoms with E-state index in [4.69, 9.17) is 8.92 Å². The van der Waals surface area contributed by atoms with E-state index in [0.717, 1.165) is 0 Å². The summed E-state index contributed by atoms with van der Waals surface area (Å²) in [7, 11) is -3.89. The van der Waals surface area contributed by atoms with E-state index in [2.05, 4.69) is 9.37 Å². The van der Waals surface area contributed by atoms with Crippen LogP contribution in [0.4, 0.5) is 8.78 Å². The molecule has 0 spiro atoms. The molecule has 2 saturated carbocycles. The number of esters is 1. The molecule has 2 aliphatic carbocycles. The number of carbonyl (C=O) groups excluding carboxylic acids is 1. The maximum absolute atomic E-state index is 13.8. The normalized spacial score (nSPS) is 47.2. The standard InChI is InChI=1S/C13H18F2O8S2/c1-6-8-7-5-10(6,2)12(4,11(8,3)21-25(7,18)19)20-9(16)13(14,15)24-23-22-17/h6-8,17H,5H2,1-4H3/p-1. The van der Waals surface area contributed by atoms with Crippen molar-refractivity contribution < 1.29 is 45.5 Å². The molecule has 12 heteroatoms. The maximum Gasteiger partial charge on any atom is 0.415 e. The van der Waals surface area contributed by atoms with Crippen LogP contribution in [0.1, 0.15) is 34.1 Å². The predicted octanol–water partition coefficient (Wildman–Crippen LogP) is 0.916. The fourth-order valence-electron chi connectivity index (χ4n) is 5.07. The molecular weight excluding hydrogens is 386 g/mol. The molecule has 3 aliphatic rings. The maximum atomic E-state index is 13.8. The van der Waals surface area contributed by atoms with Gasteiger partial charge in [-0.25, -0.2) is 4.79 Å². The minimum atomic E-state index is -4.22. The Hall–Kier alpha value is -0.530. The van der Waals surface area contributed by atoms with Gasteiger partial charge in [0.05, 0.1) is 5.25 Å². The van der Waals surface area contributed by atoms with Gasteiger partial charge in [0, 0.05) is 11.3 Å². The molecule has 6 atom stereocenters. The Labute approximate surface area is 147 Å². The number of alkyl halides is 2. The number of ether oxygens (including phenoxy) is 1. The molecule has 144 valence electrons. The summed E-state index contributed by atoms with van der Waals surface area (Å²) in [6.07, 6.45) is 0.138. The van der Waals surface area contributed by atoms with Gasteiger partial charge in [0.15, 0.2) is 0 Å². The molecule has 6 unspecified atom stereocenters. The van der Waals surface area contributed by atoms with E-state index in [-0.39, 0.29) is 12.3 Å². The molecule has 1 aliphatic heterocycles. The highest BCUT2D eigenvalue weighted by molar-refractivity contribution is 7.96. The molecule has 8 nitrogen and oxygen atoms in total. The second kappa shape index (κ2) is 5.26. The SMILES string of the molecule is CC1C2C3CC1(C)C(C)(OC(=O)C(F)(F)SOO[O-])C2(C)OS3(=O)=O. The molecule has 3 rings (SSSR count). The predicted molar refractivity (Wildman–Crippen MR) is 76.8 cm³/mol. The smallest absolute Gasteiger partial charge is 0.415 e. The van der Waals surface area contributed by atoms with Gasteiger partial charge in [-0.1, -0.05) is 13.8 Å². The van der Waals surface area contributed by atoms with Crippen molar-refractivity contribution in [3.63, 3.8) is 0 Å². The molecule has 0 aromatic carbocycles. The van der Waals surface area contributed by atoms with Crippen molar-refractivity contribution in [2.45, 2.75) is 55.8 Å². The topological polar surface area (TPSA) is 111 Å². The number of halogens is 2. The lowest BCUT2D eigenvalue weighted by atomic mass is 9.65. The number of rotatable bonds is 5. The lowest BCUT2D eigenvalue weighted by Gasteiger charge is -2.48. The summed E-state index contributed by atoms with van der Waals surface area (Å²) >= 11 is -0.795. The fraction of sp³-hybridized carbons (Fsp3) is 0.923. The van der Waals surface area contributed by atoms with Crippen LogP contribution in [-0.2, 0) is 33.2 Å². The molecule has 0 radical (unpaired) electrons. The van der Waals surface area contributed by atoms with Crippen molar-refractivity contribution in [1.29, 1.82) is 0 Å². The second-order valence-corrected chi connectivity index (χ2v) is 9.89. The first-order valence-corrected chi connectivity index (χ1v) is 9.68. The van der Waals surface area contributed by atoms with Gasteiger partial charge in [0.25, 0.3) is 10.1 Å². The van der Waals surface area contributed by atoms with E-state index in [1.165, 1.54) is 13.8 Å². The van der Waals surface area contributed by atoms with Crippen molar-refractivity contribution in [1.82, 2.24) is 0 Å². The molecule has 0 amide bonds. The van der Waals surface area contributed by atoms with Gasteiger partial charge in [-0.3, -0.25) is 9.22 Å². The highest BCUT2D eigenvalue weighted by atomic mass is 32.2. The van der Waals surface area contributed by atoms with Crippen LogP contribution in [0.15, 0.2) is 0 Å². The van der Waals surface area contributed by atoms with E-state index >= 15 is 0 Å². The van der Waals surface area contributed by atoms with Crippen molar-refractivity contribution in [3.05, 3.63) is 0 Å².